The second-order valence-corrected chi connectivity index (χ2v) is 8.78. The summed E-state index contributed by atoms with van der Waals surface area (Å²) in [5, 5.41) is 10.7. The van der Waals surface area contributed by atoms with Crippen LogP contribution in [0.4, 0.5) is 14.6 Å². The maximum Gasteiger partial charge on any atom is 0.318 e. The Kier molecular flexibility index (Phi) is 4.20. The first-order valence-electron chi connectivity index (χ1n) is 10.8. The van der Waals surface area contributed by atoms with Gasteiger partial charge in [0.1, 0.15) is 11.9 Å². The Balaban J connectivity index is 1.41. The van der Waals surface area contributed by atoms with Crippen LogP contribution in [0.15, 0.2) is 11.4 Å². The van der Waals surface area contributed by atoms with Gasteiger partial charge < -0.3 is 14.7 Å². The van der Waals surface area contributed by atoms with E-state index in [4.69, 9.17) is 9.72 Å². The number of hydrogen-bond acceptors (Lipinski definition) is 5. The monoisotopic (exact) mass is 407 g/mol. The molecule has 4 aliphatic heterocycles. The first-order valence-corrected chi connectivity index (χ1v) is 10.8. The second kappa shape index (κ2) is 6.35. The molecule has 4 aliphatic rings. The fourth-order valence-electron chi connectivity index (χ4n) is 5.99. The van der Waals surface area contributed by atoms with Gasteiger partial charge in [-0.05, 0) is 19.8 Å². The Morgan fingerprint density at radius 3 is 2.76 bits per heavy atom. The smallest absolute Gasteiger partial charge is 0.318 e. The van der Waals surface area contributed by atoms with Crippen molar-refractivity contribution in [1.82, 2.24) is 9.97 Å². The van der Waals surface area contributed by atoms with Crippen LogP contribution in [0.1, 0.15) is 50.8 Å². The fraction of sp³-hybridized carbons (Fsp3) is 0.714. The molecule has 5 rings (SSSR count). The predicted octanol–water partition coefficient (Wildman–Crippen LogP) is 2.93. The van der Waals surface area contributed by atoms with E-state index >= 15 is 0 Å². The molecule has 158 valence electrons. The normalized spacial score (nSPS) is 33.8. The molecule has 0 saturated carbocycles. The van der Waals surface area contributed by atoms with Gasteiger partial charge in [-0.3, -0.25) is 0 Å². The van der Waals surface area contributed by atoms with E-state index in [-0.39, 0.29) is 6.04 Å². The number of halogens is 2. The van der Waals surface area contributed by atoms with Crippen LogP contribution in [0, 0.1) is 6.92 Å². The van der Waals surface area contributed by atoms with Crippen molar-refractivity contribution in [3.63, 3.8) is 0 Å². The minimum atomic E-state index is -2.75. The van der Waals surface area contributed by atoms with E-state index < -0.39 is 18.1 Å². The number of aliphatic hydroxyl groups is 1. The number of ether oxygens (including phenoxy) is 1. The number of unbranched alkanes of at least 4 members (excludes halogenated alkanes) is 2. The molecule has 1 aromatic heterocycles. The van der Waals surface area contributed by atoms with Gasteiger partial charge in [0.25, 0.3) is 12.0 Å². The summed E-state index contributed by atoms with van der Waals surface area (Å²) in [6.45, 7) is 7.86. The third-order valence-corrected chi connectivity index (χ3v) is 7.38. The van der Waals surface area contributed by atoms with Gasteiger partial charge in [-0.2, -0.15) is 4.98 Å². The zero-order valence-electron chi connectivity index (χ0n) is 17.3. The number of aromatic nitrogens is 2. The summed E-state index contributed by atoms with van der Waals surface area (Å²) in [5.74, 6) is 0.781. The van der Waals surface area contributed by atoms with Crippen LogP contribution in [0.2, 0.25) is 0 Å². The summed E-state index contributed by atoms with van der Waals surface area (Å²) in [4.78, 5) is 11.3. The van der Waals surface area contributed by atoms with E-state index in [1.807, 2.05) is 6.92 Å². The third kappa shape index (κ3) is 2.27. The van der Waals surface area contributed by atoms with Crippen molar-refractivity contribution >= 4 is 5.82 Å². The van der Waals surface area contributed by atoms with Gasteiger partial charge in [-0.1, -0.05) is 26.7 Å². The Morgan fingerprint density at radius 2 is 2.07 bits per heavy atom. The molecule has 6 nitrogen and oxygen atoms in total. The molecule has 4 unspecified atom stereocenters. The molecule has 1 spiro atoms. The van der Waals surface area contributed by atoms with Crippen molar-refractivity contribution in [3.05, 3.63) is 22.7 Å². The molecule has 0 aliphatic carbocycles. The van der Waals surface area contributed by atoms with Crippen LogP contribution in [-0.4, -0.2) is 63.4 Å². The van der Waals surface area contributed by atoms with E-state index in [0.29, 0.717) is 29.3 Å². The Morgan fingerprint density at radius 1 is 1.28 bits per heavy atom. The summed E-state index contributed by atoms with van der Waals surface area (Å²) in [7, 11) is 0. The number of aryl methyl sites for hydroxylation is 1. The van der Waals surface area contributed by atoms with Gasteiger partial charge in [-0.25, -0.2) is 18.2 Å². The summed E-state index contributed by atoms with van der Waals surface area (Å²) < 4.78 is 33.9. The molecule has 1 aromatic rings. The predicted molar refractivity (Wildman–Crippen MR) is 104 cm³/mol. The average Bonchev–Trinajstić information content (AvgIpc) is 3.12. The van der Waals surface area contributed by atoms with Crippen molar-refractivity contribution in [2.75, 3.05) is 24.6 Å². The number of anilines is 1. The van der Waals surface area contributed by atoms with Gasteiger partial charge in [0.2, 0.25) is 5.70 Å². The lowest BCUT2D eigenvalue weighted by atomic mass is 9.78. The third-order valence-electron chi connectivity index (χ3n) is 7.38. The molecule has 8 heteroatoms. The highest BCUT2D eigenvalue weighted by molar-refractivity contribution is 5.55. The highest BCUT2D eigenvalue weighted by Gasteiger charge is 2.94. The van der Waals surface area contributed by atoms with E-state index in [2.05, 4.69) is 23.7 Å². The summed E-state index contributed by atoms with van der Waals surface area (Å²) in [5.41, 5.74) is 1.60. The Labute approximate surface area is 169 Å². The van der Waals surface area contributed by atoms with E-state index in [0.717, 1.165) is 61.4 Å². The summed E-state index contributed by atoms with van der Waals surface area (Å²) in [6.07, 6.45) is 1.99. The van der Waals surface area contributed by atoms with Crippen LogP contribution in [0.3, 0.4) is 0 Å². The molecule has 4 atom stereocenters. The van der Waals surface area contributed by atoms with E-state index in [1.54, 1.807) is 0 Å². The average molecular weight is 407 g/mol. The lowest BCUT2D eigenvalue weighted by Crippen LogP contribution is -2.81. The first kappa shape index (κ1) is 19.2. The molecule has 0 amide bonds. The van der Waals surface area contributed by atoms with Gasteiger partial charge in [0.15, 0.2) is 11.7 Å². The molecule has 1 N–H and O–H groups in total. The van der Waals surface area contributed by atoms with Crippen molar-refractivity contribution in [2.45, 2.75) is 77.0 Å². The minimum absolute atomic E-state index is 0.256. The highest BCUT2D eigenvalue weighted by atomic mass is 19.3. The molecule has 0 aromatic carbocycles. The number of piperazine rings is 1. The SMILES string of the molecule is CCCCCOc1nc(C)c(CC)c(N2CC3CC4=C5C(O)(C(F)F)C(C2)[N+]453)n1. The summed E-state index contributed by atoms with van der Waals surface area (Å²) >= 11 is 0. The number of nitrogens with zero attached hydrogens (tertiary/aromatic N) is 4. The van der Waals surface area contributed by atoms with Crippen LogP contribution in [0.5, 0.6) is 6.01 Å². The van der Waals surface area contributed by atoms with Gasteiger partial charge in [0.05, 0.1) is 26.1 Å². The lowest BCUT2D eigenvalue weighted by Gasteiger charge is -2.59. The maximum atomic E-state index is 13.7. The second-order valence-electron chi connectivity index (χ2n) is 8.78. The van der Waals surface area contributed by atoms with Crippen LogP contribution in [-0.2, 0) is 6.42 Å². The van der Waals surface area contributed by atoms with Crippen LogP contribution < -0.4 is 9.64 Å². The van der Waals surface area contributed by atoms with Crippen LogP contribution in [0.25, 0.3) is 0 Å². The zero-order chi connectivity index (χ0) is 20.6. The van der Waals surface area contributed by atoms with Gasteiger partial charge >= 0.3 is 6.01 Å². The molecule has 3 saturated heterocycles. The van der Waals surface area contributed by atoms with E-state index in [9.17, 15) is 13.9 Å². The lowest BCUT2D eigenvalue weighted by molar-refractivity contribution is -0.922. The van der Waals surface area contributed by atoms with Crippen LogP contribution >= 0.6 is 0 Å². The standard InChI is InChI=1S/C21H29F2N4O2/c1-4-6-7-8-29-20-24-12(3)14(5-2)18(25-20)26-10-13-9-15-17-21(28,19(22)23)16(11-26)27(13,15)17/h13,16,19,28H,4-11H2,1-3H3/q+1. The maximum absolute atomic E-state index is 13.7. The molecule has 3 fully saturated rings. The van der Waals surface area contributed by atoms with Gasteiger partial charge in [0, 0.05) is 11.3 Å². The number of rotatable bonds is 8. The molecule has 5 heterocycles. The highest BCUT2D eigenvalue weighted by Crippen LogP contribution is 2.76. The molecule has 0 bridgehead atoms. The molecule has 29 heavy (non-hydrogen) atoms. The van der Waals surface area contributed by atoms with Crippen molar-refractivity contribution in [2.24, 2.45) is 0 Å². The van der Waals surface area contributed by atoms with Crippen molar-refractivity contribution in [1.29, 1.82) is 0 Å². The van der Waals surface area contributed by atoms with E-state index in [1.165, 1.54) is 0 Å². The Hall–Kier alpha value is -1.80. The van der Waals surface area contributed by atoms with Crippen molar-refractivity contribution < 1.29 is 23.1 Å². The number of hydrogen-bond donors (Lipinski definition) is 1. The number of quaternary nitrogens is 1. The molecule has 0 radical (unpaired) electrons. The fourth-order valence-corrected chi connectivity index (χ4v) is 5.99. The van der Waals surface area contributed by atoms with Crippen molar-refractivity contribution in [3.8, 4) is 6.01 Å². The zero-order valence-corrected chi connectivity index (χ0v) is 17.3. The summed E-state index contributed by atoms with van der Waals surface area (Å²) in [6, 6.07) is 0.124. The topological polar surface area (TPSA) is 58.5 Å². The number of alkyl halides is 2. The molecular weight excluding hydrogens is 378 g/mol. The minimum Gasteiger partial charge on any atom is -0.463 e. The largest absolute Gasteiger partial charge is 0.463 e. The van der Waals surface area contributed by atoms with Gasteiger partial charge in [-0.15, -0.1) is 0 Å². The quantitative estimate of drug-likeness (QED) is 0.530. The first-order chi connectivity index (χ1) is 13.9. The molecular formula is C21H29F2N4O2+. The Bertz CT molecular complexity index is 892.